The van der Waals surface area contributed by atoms with Gasteiger partial charge in [0.25, 0.3) is 5.56 Å². The monoisotopic (exact) mass is 533 g/mol. The molecule has 4 heterocycles. The van der Waals surface area contributed by atoms with Crippen LogP contribution in [0.1, 0.15) is 33.4 Å². The van der Waals surface area contributed by atoms with Crippen LogP contribution in [0, 0.1) is 0 Å². The van der Waals surface area contributed by atoms with Crippen molar-refractivity contribution < 1.29 is 17.9 Å². The topological polar surface area (TPSA) is 136 Å². The van der Waals surface area contributed by atoms with E-state index in [2.05, 4.69) is 26.9 Å². The van der Waals surface area contributed by atoms with Crippen LogP contribution in [-0.2, 0) is 27.7 Å². The molecule has 4 rings (SSSR count). The van der Waals surface area contributed by atoms with Gasteiger partial charge in [-0.25, -0.2) is 18.4 Å². The first-order valence-electron chi connectivity index (χ1n) is 12.8. The van der Waals surface area contributed by atoms with Crippen molar-refractivity contribution in [3.63, 3.8) is 0 Å². The van der Waals surface area contributed by atoms with Crippen molar-refractivity contribution in [3.8, 4) is 17.3 Å². The Bertz CT molecular complexity index is 1390. The van der Waals surface area contributed by atoms with Crippen LogP contribution in [0.4, 0.5) is 0 Å². The summed E-state index contributed by atoms with van der Waals surface area (Å²) in [5.41, 5.74) is 1.37. The molecule has 1 saturated heterocycles. The zero-order valence-corrected chi connectivity index (χ0v) is 22.7. The van der Waals surface area contributed by atoms with Crippen molar-refractivity contribution in [2.24, 2.45) is 0 Å². The molecular formula is C24H35N7O5S. The molecule has 0 aromatic carbocycles. The second-order valence-electron chi connectivity index (χ2n) is 8.63. The fraction of sp³-hybridized carbons (Fsp3) is 0.583. The molecule has 1 N–H and O–H groups in total. The summed E-state index contributed by atoms with van der Waals surface area (Å²) in [6, 6.07) is 1.48. The van der Waals surface area contributed by atoms with E-state index in [0.29, 0.717) is 70.0 Å². The number of likely N-dealkylation sites (N-methyl/N-ethyl adjacent to an activating group) is 1. The normalized spacial score (nSPS) is 15.5. The molecule has 0 radical (unpaired) electrons. The number of aromatic amines is 1. The van der Waals surface area contributed by atoms with Crippen LogP contribution in [0.5, 0.6) is 5.88 Å². The molecule has 0 saturated carbocycles. The summed E-state index contributed by atoms with van der Waals surface area (Å²) in [7, 11) is -3.79. The minimum absolute atomic E-state index is 0.0294. The van der Waals surface area contributed by atoms with Crippen molar-refractivity contribution in [2.75, 3.05) is 52.5 Å². The van der Waals surface area contributed by atoms with Gasteiger partial charge in [0.05, 0.1) is 37.2 Å². The van der Waals surface area contributed by atoms with Gasteiger partial charge in [0.1, 0.15) is 16.2 Å². The van der Waals surface area contributed by atoms with Gasteiger partial charge in [-0.3, -0.25) is 9.48 Å². The largest absolute Gasteiger partial charge is 0.477 e. The molecule has 0 spiro atoms. The van der Waals surface area contributed by atoms with Gasteiger partial charge in [-0.05, 0) is 32.9 Å². The molecule has 0 bridgehead atoms. The van der Waals surface area contributed by atoms with E-state index >= 15 is 0 Å². The SMILES string of the molecule is CCOCCn1nc2c(=O)[nH]c(-c3cc(S(=O)(=O)N4CCN(CC)CC4)cnc3OCC)nc2c1CC. The standard InChI is InChI=1S/C24H35N7O5S/c1-5-19-20-21(28-31(19)13-14-35-7-3)23(32)27-22(26-20)18-15-17(16-25-24(18)36-8-4)37(33,34)30-11-9-29(6-2)10-12-30/h15-16H,5-14H2,1-4H3,(H,26,27,32). The van der Waals surface area contributed by atoms with E-state index in [-0.39, 0.29) is 22.1 Å². The molecule has 1 aliphatic rings. The molecule has 0 atom stereocenters. The highest BCUT2D eigenvalue weighted by atomic mass is 32.2. The minimum Gasteiger partial charge on any atom is -0.477 e. The van der Waals surface area contributed by atoms with Gasteiger partial charge in [0.15, 0.2) is 5.52 Å². The number of nitrogens with one attached hydrogen (secondary N) is 1. The molecule has 12 nitrogen and oxygen atoms in total. The zero-order valence-electron chi connectivity index (χ0n) is 21.9. The number of fused-ring (bicyclic) bond motifs is 1. The van der Waals surface area contributed by atoms with Crippen molar-refractivity contribution >= 4 is 21.1 Å². The number of pyridine rings is 1. The summed E-state index contributed by atoms with van der Waals surface area (Å²) in [6.07, 6.45) is 1.91. The summed E-state index contributed by atoms with van der Waals surface area (Å²) in [4.78, 5) is 27.1. The first kappa shape index (κ1) is 27.2. The third-order valence-electron chi connectivity index (χ3n) is 6.47. The van der Waals surface area contributed by atoms with Gasteiger partial charge < -0.3 is 19.4 Å². The summed E-state index contributed by atoms with van der Waals surface area (Å²) >= 11 is 0. The van der Waals surface area contributed by atoms with Crippen LogP contribution in [0.25, 0.3) is 22.4 Å². The number of sulfonamides is 1. The van der Waals surface area contributed by atoms with Crippen LogP contribution >= 0.6 is 0 Å². The van der Waals surface area contributed by atoms with E-state index in [1.807, 2.05) is 13.8 Å². The first-order valence-corrected chi connectivity index (χ1v) is 14.2. The van der Waals surface area contributed by atoms with Crippen LogP contribution < -0.4 is 10.3 Å². The Hall–Kier alpha value is -2.87. The number of H-pyrrole nitrogens is 1. The predicted octanol–water partition coefficient (Wildman–Crippen LogP) is 1.51. The van der Waals surface area contributed by atoms with Crippen molar-refractivity contribution in [3.05, 3.63) is 28.3 Å². The van der Waals surface area contributed by atoms with Gasteiger partial charge in [0.2, 0.25) is 15.9 Å². The molecule has 202 valence electrons. The lowest BCUT2D eigenvalue weighted by Crippen LogP contribution is -2.48. The number of aromatic nitrogens is 5. The Morgan fingerprint density at radius 3 is 2.46 bits per heavy atom. The number of ether oxygens (including phenoxy) is 2. The quantitative estimate of drug-likeness (QED) is 0.364. The maximum Gasteiger partial charge on any atom is 0.279 e. The smallest absolute Gasteiger partial charge is 0.279 e. The lowest BCUT2D eigenvalue weighted by molar-refractivity contribution is 0.136. The summed E-state index contributed by atoms with van der Waals surface area (Å²) < 4.78 is 41.3. The number of piperazine rings is 1. The van der Waals surface area contributed by atoms with Crippen molar-refractivity contribution in [2.45, 2.75) is 45.6 Å². The Morgan fingerprint density at radius 2 is 1.81 bits per heavy atom. The average Bonchev–Trinajstić information content (AvgIpc) is 3.27. The van der Waals surface area contributed by atoms with Crippen LogP contribution in [0.3, 0.4) is 0 Å². The Labute approximate surface area is 216 Å². The summed E-state index contributed by atoms with van der Waals surface area (Å²) in [5.74, 6) is 0.377. The third-order valence-corrected chi connectivity index (χ3v) is 8.33. The highest BCUT2D eigenvalue weighted by Crippen LogP contribution is 2.30. The van der Waals surface area contributed by atoms with E-state index in [0.717, 1.165) is 12.2 Å². The molecule has 3 aromatic heterocycles. The maximum absolute atomic E-state index is 13.5. The van der Waals surface area contributed by atoms with Crippen molar-refractivity contribution in [1.82, 2.24) is 33.9 Å². The molecule has 0 aliphatic carbocycles. The van der Waals surface area contributed by atoms with Crippen molar-refractivity contribution in [1.29, 1.82) is 0 Å². The minimum atomic E-state index is -3.79. The molecular weight excluding hydrogens is 498 g/mol. The van der Waals surface area contributed by atoms with Crippen LogP contribution in [-0.4, -0.2) is 94.9 Å². The highest BCUT2D eigenvalue weighted by Gasteiger charge is 2.30. The molecule has 3 aromatic rings. The Balaban J connectivity index is 1.78. The highest BCUT2D eigenvalue weighted by molar-refractivity contribution is 7.89. The van der Waals surface area contributed by atoms with E-state index in [4.69, 9.17) is 14.5 Å². The number of rotatable bonds is 11. The van der Waals surface area contributed by atoms with E-state index in [1.165, 1.54) is 16.6 Å². The maximum atomic E-state index is 13.5. The van der Waals surface area contributed by atoms with Gasteiger partial charge >= 0.3 is 0 Å². The van der Waals surface area contributed by atoms with Gasteiger partial charge in [0, 0.05) is 32.8 Å². The van der Waals surface area contributed by atoms with Gasteiger partial charge in [-0.15, -0.1) is 0 Å². The van der Waals surface area contributed by atoms with Crippen LogP contribution in [0.15, 0.2) is 22.0 Å². The summed E-state index contributed by atoms with van der Waals surface area (Å²) in [6.45, 7) is 12.6. The zero-order chi connectivity index (χ0) is 26.6. The molecule has 13 heteroatoms. The number of hydrogen-bond donors (Lipinski definition) is 1. The number of hydrogen-bond acceptors (Lipinski definition) is 9. The molecule has 37 heavy (non-hydrogen) atoms. The van der Waals surface area contributed by atoms with E-state index < -0.39 is 15.6 Å². The van der Waals surface area contributed by atoms with Gasteiger partial charge in [-0.2, -0.15) is 9.40 Å². The molecule has 1 aliphatic heterocycles. The fourth-order valence-electron chi connectivity index (χ4n) is 4.45. The molecule has 1 fully saturated rings. The lowest BCUT2D eigenvalue weighted by atomic mass is 10.2. The average molecular weight is 534 g/mol. The van der Waals surface area contributed by atoms with E-state index in [1.54, 1.807) is 11.6 Å². The molecule has 0 amide bonds. The van der Waals surface area contributed by atoms with E-state index in [9.17, 15) is 13.2 Å². The number of nitrogens with zero attached hydrogens (tertiary/aromatic N) is 6. The Kier molecular flexibility index (Phi) is 8.57. The predicted molar refractivity (Wildman–Crippen MR) is 139 cm³/mol. The third kappa shape index (κ3) is 5.54. The Morgan fingerprint density at radius 1 is 1.05 bits per heavy atom. The second kappa shape index (κ2) is 11.7. The second-order valence-corrected chi connectivity index (χ2v) is 10.6. The van der Waals surface area contributed by atoms with Gasteiger partial charge in [-0.1, -0.05) is 13.8 Å². The number of aryl methyl sites for hydroxylation is 1. The van der Waals surface area contributed by atoms with Crippen LogP contribution in [0.2, 0.25) is 0 Å². The lowest BCUT2D eigenvalue weighted by Gasteiger charge is -2.33. The molecule has 0 unspecified atom stereocenters. The fourth-order valence-corrected chi connectivity index (χ4v) is 5.85. The summed E-state index contributed by atoms with van der Waals surface area (Å²) in [5, 5.41) is 4.46. The first-order chi connectivity index (χ1) is 17.8.